The van der Waals surface area contributed by atoms with Crippen LogP contribution in [0.2, 0.25) is 0 Å². The lowest BCUT2D eigenvalue weighted by Gasteiger charge is -2.11. The molecular weight excluding hydrogens is 321 g/mol. The van der Waals surface area contributed by atoms with E-state index in [0.717, 1.165) is 19.4 Å². The van der Waals surface area contributed by atoms with Crippen LogP contribution in [0.4, 0.5) is 4.39 Å². The molecule has 1 N–H and O–H groups in total. The van der Waals surface area contributed by atoms with E-state index in [0.29, 0.717) is 24.1 Å². The minimum absolute atomic E-state index is 0.0688. The molecule has 0 saturated carbocycles. The number of halogens is 1. The maximum atomic E-state index is 13.4. The third kappa shape index (κ3) is 4.14. The van der Waals surface area contributed by atoms with E-state index in [2.05, 4.69) is 10.2 Å². The molecule has 1 aliphatic heterocycles. The van der Waals surface area contributed by atoms with Gasteiger partial charge in [-0.15, -0.1) is 5.10 Å². The average Bonchev–Trinajstić information content (AvgIpc) is 3.18. The van der Waals surface area contributed by atoms with Crippen LogP contribution in [0.15, 0.2) is 34.2 Å². The summed E-state index contributed by atoms with van der Waals surface area (Å²) in [4.78, 5) is 11.8. The molecule has 1 aliphatic rings. The summed E-state index contributed by atoms with van der Waals surface area (Å²) in [7, 11) is 0. The van der Waals surface area contributed by atoms with Crippen LogP contribution in [-0.2, 0) is 11.3 Å². The molecule has 8 heteroatoms. The van der Waals surface area contributed by atoms with Crippen LogP contribution < -0.4 is 10.4 Å². The van der Waals surface area contributed by atoms with Crippen LogP contribution >= 0.6 is 11.8 Å². The van der Waals surface area contributed by atoms with Crippen molar-refractivity contribution in [1.82, 2.24) is 14.8 Å². The Balaban J connectivity index is 1.52. The lowest BCUT2D eigenvalue weighted by Crippen LogP contribution is -2.25. The number of para-hydroxylation sites is 1. The van der Waals surface area contributed by atoms with Gasteiger partial charge in [-0.3, -0.25) is 4.57 Å². The number of aromatic amines is 1. The molecule has 0 aliphatic carbocycles. The largest absolute Gasteiger partial charge is 0.490 e. The molecular formula is C15H18FN3O3S. The van der Waals surface area contributed by atoms with Crippen molar-refractivity contribution in [3.05, 3.63) is 40.6 Å². The molecule has 6 nitrogen and oxygen atoms in total. The second-order valence-corrected chi connectivity index (χ2v) is 6.25. The quantitative estimate of drug-likeness (QED) is 0.618. The first-order valence-corrected chi connectivity index (χ1v) is 8.49. The number of aromatic nitrogens is 3. The standard InChI is InChI=1S/C15H18FN3O3S/c16-12-5-1-2-6-13(12)22-8-9-23-15-18-17-14(20)19(15)10-11-4-3-7-21-11/h1-2,5-6,11H,3-4,7-10H2,(H,17,20)/t11-/m1/s1. The summed E-state index contributed by atoms with van der Waals surface area (Å²) in [6.07, 6.45) is 2.05. The zero-order valence-corrected chi connectivity index (χ0v) is 13.4. The first kappa shape index (κ1) is 16.1. The van der Waals surface area contributed by atoms with E-state index in [1.165, 1.54) is 17.8 Å². The number of hydrogen-bond acceptors (Lipinski definition) is 5. The number of nitrogens with one attached hydrogen (secondary N) is 1. The fraction of sp³-hybridized carbons (Fsp3) is 0.467. The first-order chi connectivity index (χ1) is 11.2. The maximum Gasteiger partial charge on any atom is 0.344 e. The van der Waals surface area contributed by atoms with Gasteiger partial charge in [0.25, 0.3) is 0 Å². The molecule has 0 radical (unpaired) electrons. The molecule has 124 valence electrons. The Morgan fingerprint density at radius 2 is 2.35 bits per heavy atom. The third-order valence-corrected chi connectivity index (χ3v) is 4.48. The molecule has 0 bridgehead atoms. The lowest BCUT2D eigenvalue weighted by molar-refractivity contribution is 0.0941. The molecule has 1 aromatic heterocycles. The van der Waals surface area contributed by atoms with Crippen molar-refractivity contribution in [2.75, 3.05) is 19.0 Å². The molecule has 0 unspecified atom stereocenters. The van der Waals surface area contributed by atoms with Crippen LogP contribution in [0.3, 0.4) is 0 Å². The topological polar surface area (TPSA) is 69.1 Å². The average molecular weight is 339 g/mol. The van der Waals surface area contributed by atoms with E-state index in [1.807, 2.05) is 0 Å². The second-order valence-electron chi connectivity index (χ2n) is 5.18. The minimum atomic E-state index is -0.382. The SMILES string of the molecule is O=c1[nH]nc(SCCOc2ccccc2F)n1C[C@H]1CCCO1. The van der Waals surface area contributed by atoms with Crippen molar-refractivity contribution in [3.8, 4) is 5.75 Å². The van der Waals surface area contributed by atoms with Gasteiger partial charge in [0.15, 0.2) is 16.7 Å². The second kappa shape index (κ2) is 7.65. The van der Waals surface area contributed by atoms with Gasteiger partial charge in [0.05, 0.1) is 19.3 Å². The molecule has 2 aromatic rings. The lowest BCUT2D eigenvalue weighted by atomic mass is 10.2. The van der Waals surface area contributed by atoms with E-state index >= 15 is 0 Å². The zero-order chi connectivity index (χ0) is 16.1. The molecule has 1 saturated heterocycles. The van der Waals surface area contributed by atoms with Gasteiger partial charge in [-0.1, -0.05) is 23.9 Å². The monoisotopic (exact) mass is 339 g/mol. The van der Waals surface area contributed by atoms with Gasteiger partial charge in [0.2, 0.25) is 0 Å². The Morgan fingerprint density at radius 3 is 3.13 bits per heavy atom. The summed E-state index contributed by atoms with van der Waals surface area (Å²) in [6, 6.07) is 6.28. The molecule has 1 atom stereocenters. The van der Waals surface area contributed by atoms with Crippen LogP contribution in [0.5, 0.6) is 5.75 Å². The first-order valence-electron chi connectivity index (χ1n) is 7.51. The highest BCUT2D eigenvalue weighted by molar-refractivity contribution is 7.99. The Hall–Kier alpha value is -1.80. The van der Waals surface area contributed by atoms with Crippen molar-refractivity contribution in [2.45, 2.75) is 30.6 Å². The highest BCUT2D eigenvalue weighted by Crippen LogP contribution is 2.19. The van der Waals surface area contributed by atoms with Crippen molar-refractivity contribution in [2.24, 2.45) is 0 Å². The normalized spacial score (nSPS) is 17.5. The number of nitrogens with zero attached hydrogens (tertiary/aromatic N) is 2. The highest BCUT2D eigenvalue weighted by atomic mass is 32.2. The fourth-order valence-corrected chi connectivity index (χ4v) is 3.19. The number of ether oxygens (including phenoxy) is 2. The van der Waals surface area contributed by atoms with Crippen molar-refractivity contribution in [1.29, 1.82) is 0 Å². The number of benzene rings is 1. The summed E-state index contributed by atoms with van der Waals surface area (Å²) >= 11 is 1.39. The van der Waals surface area contributed by atoms with Crippen LogP contribution in [-0.4, -0.2) is 39.8 Å². The number of H-pyrrole nitrogens is 1. The van der Waals surface area contributed by atoms with Gasteiger partial charge >= 0.3 is 5.69 Å². The van der Waals surface area contributed by atoms with E-state index < -0.39 is 0 Å². The van der Waals surface area contributed by atoms with E-state index in [1.54, 1.807) is 22.8 Å². The Kier molecular flexibility index (Phi) is 5.35. The Bertz CT molecular complexity index is 697. The molecule has 3 rings (SSSR count). The van der Waals surface area contributed by atoms with E-state index in [4.69, 9.17) is 9.47 Å². The van der Waals surface area contributed by atoms with E-state index in [9.17, 15) is 9.18 Å². The smallest absolute Gasteiger partial charge is 0.344 e. The van der Waals surface area contributed by atoms with Crippen LogP contribution in [0.1, 0.15) is 12.8 Å². The zero-order valence-electron chi connectivity index (χ0n) is 12.5. The predicted molar refractivity (Wildman–Crippen MR) is 84.4 cm³/mol. The van der Waals surface area contributed by atoms with Gasteiger partial charge < -0.3 is 9.47 Å². The third-order valence-electron chi connectivity index (χ3n) is 3.54. The number of thioether (sulfide) groups is 1. The molecule has 1 aromatic carbocycles. The van der Waals surface area contributed by atoms with E-state index in [-0.39, 0.29) is 23.4 Å². The van der Waals surface area contributed by atoms with Gasteiger partial charge in [0.1, 0.15) is 0 Å². The molecule has 0 spiro atoms. The van der Waals surface area contributed by atoms with Gasteiger partial charge in [-0.05, 0) is 25.0 Å². The van der Waals surface area contributed by atoms with Crippen molar-refractivity contribution in [3.63, 3.8) is 0 Å². The summed E-state index contributed by atoms with van der Waals surface area (Å²) in [5.74, 6) is 0.406. The summed E-state index contributed by atoms with van der Waals surface area (Å²) in [5.41, 5.74) is -0.238. The summed E-state index contributed by atoms with van der Waals surface area (Å²) in [6.45, 7) is 1.58. The maximum absolute atomic E-state index is 13.4. The fourth-order valence-electron chi connectivity index (χ4n) is 2.41. The minimum Gasteiger partial charge on any atom is -0.490 e. The summed E-state index contributed by atoms with van der Waals surface area (Å²) in [5, 5.41) is 7.08. The summed E-state index contributed by atoms with van der Waals surface area (Å²) < 4.78 is 26.0. The van der Waals surface area contributed by atoms with Crippen molar-refractivity contribution < 1.29 is 13.9 Å². The van der Waals surface area contributed by atoms with Crippen LogP contribution in [0.25, 0.3) is 0 Å². The highest BCUT2D eigenvalue weighted by Gasteiger charge is 2.19. The molecule has 1 fully saturated rings. The molecule has 23 heavy (non-hydrogen) atoms. The van der Waals surface area contributed by atoms with Gasteiger partial charge in [-0.25, -0.2) is 14.3 Å². The molecule has 2 heterocycles. The van der Waals surface area contributed by atoms with Crippen molar-refractivity contribution >= 4 is 11.8 Å². The Morgan fingerprint density at radius 1 is 1.48 bits per heavy atom. The Labute approximate surface area is 137 Å². The predicted octanol–water partition coefficient (Wildman–Crippen LogP) is 2.06. The number of rotatable bonds is 7. The molecule has 0 amide bonds. The van der Waals surface area contributed by atoms with Gasteiger partial charge in [0, 0.05) is 12.4 Å². The number of hydrogen-bond donors (Lipinski definition) is 1. The van der Waals surface area contributed by atoms with Crippen LogP contribution in [0, 0.1) is 5.82 Å². The van der Waals surface area contributed by atoms with Gasteiger partial charge in [-0.2, -0.15) is 0 Å².